The second-order valence-electron chi connectivity index (χ2n) is 5.80. The quantitative estimate of drug-likeness (QED) is 0.713. The monoisotopic (exact) mass is 375 g/mol. The first-order valence-corrected chi connectivity index (χ1v) is 9.40. The molecule has 0 aliphatic heterocycles. The lowest BCUT2D eigenvalue weighted by atomic mass is 10.2. The molecule has 0 atom stereocenters. The van der Waals surface area contributed by atoms with Crippen molar-refractivity contribution in [1.29, 1.82) is 0 Å². The Balaban J connectivity index is 2.00. The van der Waals surface area contributed by atoms with Crippen LogP contribution in [0.3, 0.4) is 0 Å². The molecule has 2 aromatic carbocycles. The predicted molar refractivity (Wildman–Crippen MR) is 99.6 cm³/mol. The molecule has 0 heterocycles. The number of carbonyl (C=O) groups is 2. The summed E-state index contributed by atoms with van der Waals surface area (Å²) in [5.41, 5.74) is 2.35. The van der Waals surface area contributed by atoms with Crippen LogP contribution in [0.4, 0.5) is 5.69 Å². The Morgan fingerprint density at radius 3 is 2.27 bits per heavy atom. The number of rotatable bonds is 6. The van der Waals surface area contributed by atoms with Crippen LogP contribution in [0.2, 0.25) is 0 Å². The molecule has 26 heavy (non-hydrogen) atoms. The molecule has 0 aliphatic carbocycles. The topological polar surface area (TPSA) is 104 Å². The molecular formula is C18H21N3O4S. The van der Waals surface area contributed by atoms with Crippen LogP contribution >= 0.6 is 0 Å². The maximum atomic E-state index is 12.4. The van der Waals surface area contributed by atoms with Gasteiger partial charge in [0.2, 0.25) is 15.9 Å². The van der Waals surface area contributed by atoms with Gasteiger partial charge in [0.05, 0.1) is 11.4 Å². The van der Waals surface area contributed by atoms with Crippen molar-refractivity contribution in [1.82, 2.24) is 10.0 Å². The largest absolute Gasteiger partial charge is 0.355 e. The fraction of sp³-hybridized carbons (Fsp3) is 0.222. The zero-order valence-electron chi connectivity index (χ0n) is 14.8. The molecule has 3 N–H and O–H groups in total. The van der Waals surface area contributed by atoms with Crippen molar-refractivity contribution in [3.05, 3.63) is 59.2 Å². The van der Waals surface area contributed by atoms with Gasteiger partial charge in [-0.25, -0.2) is 13.1 Å². The van der Waals surface area contributed by atoms with Gasteiger partial charge in [-0.2, -0.15) is 0 Å². The lowest BCUT2D eigenvalue weighted by Crippen LogP contribution is -2.33. The Kier molecular flexibility index (Phi) is 6.12. The van der Waals surface area contributed by atoms with E-state index in [0.29, 0.717) is 16.8 Å². The van der Waals surface area contributed by atoms with Crippen molar-refractivity contribution in [2.45, 2.75) is 18.7 Å². The normalized spacial score (nSPS) is 11.0. The van der Waals surface area contributed by atoms with Gasteiger partial charge >= 0.3 is 0 Å². The van der Waals surface area contributed by atoms with Crippen LogP contribution in [-0.4, -0.2) is 33.8 Å². The summed E-state index contributed by atoms with van der Waals surface area (Å²) in [4.78, 5) is 23.6. The van der Waals surface area contributed by atoms with E-state index in [1.807, 2.05) is 6.07 Å². The number of aryl methyl sites for hydroxylation is 2. The summed E-state index contributed by atoms with van der Waals surface area (Å²) in [5, 5.41) is 5.08. The second kappa shape index (κ2) is 8.11. The number of nitrogens with one attached hydrogen (secondary N) is 3. The van der Waals surface area contributed by atoms with Gasteiger partial charge in [-0.05, 0) is 55.3 Å². The van der Waals surface area contributed by atoms with Crippen LogP contribution in [0.5, 0.6) is 0 Å². The fourth-order valence-corrected chi connectivity index (χ4v) is 3.60. The molecule has 2 rings (SSSR count). The van der Waals surface area contributed by atoms with Crippen LogP contribution in [0.1, 0.15) is 21.5 Å². The van der Waals surface area contributed by atoms with E-state index >= 15 is 0 Å². The smallest absolute Gasteiger partial charge is 0.251 e. The molecule has 2 amide bonds. The van der Waals surface area contributed by atoms with Gasteiger partial charge in [0.15, 0.2) is 0 Å². The number of anilines is 1. The highest BCUT2D eigenvalue weighted by Crippen LogP contribution is 2.16. The minimum absolute atomic E-state index is 0.153. The molecular weight excluding hydrogens is 354 g/mol. The minimum Gasteiger partial charge on any atom is -0.355 e. The molecule has 0 fully saturated rings. The summed E-state index contributed by atoms with van der Waals surface area (Å²) >= 11 is 0. The van der Waals surface area contributed by atoms with E-state index in [4.69, 9.17) is 0 Å². The van der Waals surface area contributed by atoms with E-state index in [0.717, 1.165) is 5.56 Å². The predicted octanol–water partition coefficient (Wildman–Crippen LogP) is 1.58. The van der Waals surface area contributed by atoms with Crippen molar-refractivity contribution in [3.8, 4) is 0 Å². The molecule has 0 unspecified atom stereocenters. The van der Waals surface area contributed by atoms with E-state index < -0.39 is 22.5 Å². The summed E-state index contributed by atoms with van der Waals surface area (Å²) in [5.74, 6) is -0.740. The van der Waals surface area contributed by atoms with Crippen molar-refractivity contribution in [2.75, 3.05) is 18.9 Å². The van der Waals surface area contributed by atoms with E-state index in [2.05, 4.69) is 15.4 Å². The third-order valence-corrected chi connectivity index (χ3v) is 5.26. The first-order valence-electron chi connectivity index (χ1n) is 7.92. The van der Waals surface area contributed by atoms with Gasteiger partial charge in [0, 0.05) is 18.3 Å². The second-order valence-corrected chi connectivity index (χ2v) is 7.53. The van der Waals surface area contributed by atoms with Crippen LogP contribution in [0.15, 0.2) is 47.4 Å². The van der Waals surface area contributed by atoms with Crippen molar-refractivity contribution < 1.29 is 18.0 Å². The van der Waals surface area contributed by atoms with Crippen molar-refractivity contribution in [2.24, 2.45) is 0 Å². The Morgan fingerprint density at radius 1 is 1.00 bits per heavy atom. The third kappa shape index (κ3) is 4.90. The van der Waals surface area contributed by atoms with Gasteiger partial charge in [-0.15, -0.1) is 0 Å². The number of benzene rings is 2. The minimum atomic E-state index is -3.79. The van der Waals surface area contributed by atoms with Crippen LogP contribution < -0.4 is 15.4 Å². The number of hydrogen-bond acceptors (Lipinski definition) is 4. The van der Waals surface area contributed by atoms with Crippen LogP contribution in [0.25, 0.3) is 0 Å². The molecule has 0 radical (unpaired) electrons. The number of sulfonamides is 1. The maximum Gasteiger partial charge on any atom is 0.251 e. The molecule has 2 aromatic rings. The molecule has 7 nitrogen and oxygen atoms in total. The first kappa shape index (κ1) is 19.6. The van der Waals surface area contributed by atoms with E-state index in [1.54, 1.807) is 50.2 Å². The molecule has 8 heteroatoms. The molecule has 0 saturated heterocycles. The average Bonchev–Trinajstić information content (AvgIpc) is 2.62. The molecule has 0 spiro atoms. The lowest BCUT2D eigenvalue weighted by Gasteiger charge is -2.11. The molecule has 0 saturated carbocycles. The van der Waals surface area contributed by atoms with Crippen LogP contribution in [0, 0.1) is 13.8 Å². The van der Waals surface area contributed by atoms with Gasteiger partial charge in [0.1, 0.15) is 0 Å². The highest BCUT2D eigenvalue weighted by molar-refractivity contribution is 7.89. The van der Waals surface area contributed by atoms with Gasteiger partial charge in [0.25, 0.3) is 5.91 Å². The summed E-state index contributed by atoms with van der Waals surface area (Å²) in [6.45, 7) is 3.10. The zero-order valence-corrected chi connectivity index (χ0v) is 15.6. The lowest BCUT2D eigenvalue weighted by molar-refractivity contribution is -0.115. The summed E-state index contributed by atoms with van der Waals surface area (Å²) in [6.07, 6.45) is 0. The Bertz CT molecular complexity index is 922. The molecule has 0 aromatic heterocycles. The summed E-state index contributed by atoms with van der Waals surface area (Å²) < 4.78 is 27.1. The Hall–Kier alpha value is -2.71. The fourth-order valence-electron chi connectivity index (χ4n) is 2.29. The Labute approximate surface area is 152 Å². The standard InChI is InChI=1S/C18H21N3O4S/c1-12-4-5-13(2)16(10-12)26(24,25)20-11-17(22)21-15-8-6-14(7-9-15)18(23)19-3/h4-10,20H,11H2,1-3H3,(H,19,23)(H,21,22). The SMILES string of the molecule is CNC(=O)c1ccc(NC(=O)CNS(=O)(=O)c2cc(C)ccc2C)cc1. The summed E-state index contributed by atoms with van der Waals surface area (Å²) in [7, 11) is -2.26. The maximum absolute atomic E-state index is 12.4. The van der Waals surface area contributed by atoms with E-state index in [9.17, 15) is 18.0 Å². The summed E-state index contributed by atoms with van der Waals surface area (Å²) in [6, 6.07) is 11.4. The number of amides is 2. The molecule has 0 aliphatic rings. The molecule has 0 bridgehead atoms. The van der Waals surface area contributed by atoms with Gasteiger partial charge in [-0.1, -0.05) is 12.1 Å². The van der Waals surface area contributed by atoms with Crippen LogP contribution in [-0.2, 0) is 14.8 Å². The number of hydrogen-bond donors (Lipinski definition) is 3. The Morgan fingerprint density at radius 2 is 1.65 bits per heavy atom. The zero-order chi connectivity index (χ0) is 19.3. The van der Waals surface area contributed by atoms with Crippen molar-refractivity contribution >= 4 is 27.5 Å². The molecule has 138 valence electrons. The highest BCUT2D eigenvalue weighted by Gasteiger charge is 2.18. The third-order valence-electron chi connectivity index (χ3n) is 3.71. The van der Waals surface area contributed by atoms with Gasteiger partial charge in [-0.3, -0.25) is 9.59 Å². The van der Waals surface area contributed by atoms with Crippen molar-refractivity contribution in [3.63, 3.8) is 0 Å². The highest BCUT2D eigenvalue weighted by atomic mass is 32.2. The van der Waals surface area contributed by atoms with Gasteiger partial charge < -0.3 is 10.6 Å². The van der Waals surface area contributed by atoms with E-state index in [-0.39, 0.29) is 10.8 Å². The first-order chi connectivity index (χ1) is 12.2. The van der Waals surface area contributed by atoms with E-state index in [1.165, 1.54) is 7.05 Å². The number of carbonyl (C=O) groups excluding carboxylic acids is 2. The average molecular weight is 375 g/mol.